The Morgan fingerprint density at radius 1 is 1.16 bits per heavy atom. The minimum atomic E-state index is -0.656. The molecule has 0 atom stereocenters. The smallest absolute Gasteiger partial charge is 0.206 e. The van der Waals surface area contributed by atoms with Gasteiger partial charge in [0.2, 0.25) is 5.78 Å². The number of aromatic nitrogens is 1. The maximum absolute atomic E-state index is 13.5. The van der Waals surface area contributed by atoms with E-state index in [0.717, 1.165) is 10.9 Å². The molecule has 0 saturated carbocycles. The summed E-state index contributed by atoms with van der Waals surface area (Å²) in [5, 5.41) is 0.641. The molecule has 0 N–H and O–H groups in total. The van der Waals surface area contributed by atoms with Gasteiger partial charge in [0.1, 0.15) is 5.82 Å². The van der Waals surface area contributed by atoms with E-state index in [9.17, 15) is 13.6 Å². The lowest BCUT2D eigenvalue weighted by molar-refractivity contribution is 0.103. The van der Waals surface area contributed by atoms with Crippen LogP contribution in [0, 0.1) is 11.6 Å². The van der Waals surface area contributed by atoms with Gasteiger partial charge in [0, 0.05) is 10.9 Å². The molecule has 2 aromatic heterocycles. The van der Waals surface area contributed by atoms with Crippen molar-refractivity contribution in [1.82, 2.24) is 4.98 Å². The minimum absolute atomic E-state index is 0.0259. The van der Waals surface area contributed by atoms with E-state index in [1.807, 2.05) is 0 Å². The van der Waals surface area contributed by atoms with Crippen LogP contribution in [0.3, 0.4) is 0 Å². The number of hydrogen-bond acceptors (Lipinski definition) is 3. The summed E-state index contributed by atoms with van der Waals surface area (Å²) in [6, 6.07) is 7.20. The molecule has 0 spiro atoms. The van der Waals surface area contributed by atoms with Crippen molar-refractivity contribution < 1.29 is 13.6 Å². The molecule has 2 nitrogen and oxygen atoms in total. The number of nitrogens with zero attached hydrogens (tertiary/aromatic N) is 1. The number of thiophene rings is 1. The Hall–Kier alpha value is -2.14. The molecule has 1 aromatic carbocycles. The Bertz CT molecular complexity index is 782. The van der Waals surface area contributed by atoms with Crippen molar-refractivity contribution in [2.75, 3.05) is 0 Å². The molecule has 0 fully saturated rings. The zero-order chi connectivity index (χ0) is 13.4. The summed E-state index contributed by atoms with van der Waals surface area (Å²) < 4.78 is 27.4. The third-order valence-corrected chi connectivity index (χ3v) is 3.83. The van der Waals surface area contributed by atoms with E-state index < -0.39 is 11.6 Å². The topological polar surface area (TPSA) is 30.0 Å². The van der Waals surface area contributed by atoms with Crippen molar-refractivity contribution in [2.45, 2.75) is 0 Å². The van der Waals surface area contributed by atoms with E-state index >= 15 is 0 Å². The molecule has 0 amide bonds. The molecule has 0 unspecified atom stereocenters. The normalized spacial score (nSPS) is 10.8. The fourth-order valence-corrected chi connectivity index (χ4v) is 2.82. The highest BCUT2D eigenvalue weighted by molar-refractivity contribution is 7.21. The average Bonchev–Trinajstić information content (AvgIpc) is 2.81. The summed E-state index contributed by atoms with van der Waals surface area (Å²) in [4.78, 5) is 16.2. The highest BCUT2D eigenvalue weighted by atomic mass is 32.1. The van der Waals surface area contributed by atoms with Gasteiger partial charge in [-0.3, -0.25) is 9.78 Å². The van der Waals surface area contributed by atoms with Crippen LogP contribution in [-0.2, 0) is 0 Å². The summed E-state index contributed by atoms with van der Waals surface area (Å²) >= 11 is 1.21. The van der Waals surface area contributed by atoms with Gasteiger partial charge < -0.3 is 0 Å². The third-order valence-electron chi connectivity index (χ3n) is 2.72. The van der Waals surface area contributed by atoms with Crippen LogP contribution in [0.25, 0.3) is 10.1 Å². The number of rotatable bonds is 2. The lowest BCUT2D eigenvalue weighted by Gasteiger charge is -1.98. The molecule has 0 radical (unpaired) electrons. The number of benzene rings is 1. The van der Waals surface area contributed by atoms with Gasteiger partial charge >= 0.3 is 0 Å². The van der Waals surface area contributed by atoms with Crippen LogP contribution in [0.15, 0.2) is 42.7 Å². The molecular weight excluding hydrogens is 268 g/mol. The molecule has 19 heavy (non-hydrogen) atoms. The highest BCUT2D eigenvalue weighted by Gasteiger charge is 2.16. The van der Waals surface area contributed by atoms with Crippen molar-refractivity contribution in [2.24, 2.45) is 0 Å². The van der Waals surface area contributed by atoms with Crippen LogP contribution in [0.1, 0.15) is 15.2 Å². The molecular formula is C14H7F2NOS. The number of ketones is 1. The second-order valence-corrected chi connectivity index (χ2v) is 5.06. The predicted molar refractivity (Wildman–Crippen MR) is 69.4 cm³/mol. The first-order chi connectivity index (χ1) is 9.15. The van der Waals surface area contributed by atoms with Gasteiger partial charge in [-0.25, -0.2) is 8.78 Å². The molecule has 5 heteroatoms. The van der Waals surface area contributed by atoms with Crippen LogP contribution < -0.4 is 0 Å². The number of hydrogen-bond donors (Lipinski definition) is 0. The first-order valence-electron chi connectivity index (χ1n) is 5.48. The fourth-order valence-electron chi connectivity index (χ4n) is 1.82. The van der Waals surface area contributed by atoms with E-state index in [4.69, 9.17) is 0 Å². The van der Waals surface area contributed by atoms with Gasteiger partial charge in [-0.05, 0) is 35.7 Å². The predicted octanol–water partition coefficient (Wildman–Crippen LogP) is 3.81. The zero-order valence-corrected chi connectivity index (χ0v) is 10.4. The standard InChI is InChI=1S/C14H7F2NOS/c15-9-1-2-12-8(5-9)6-13(19-12)14(18)10-3-4-17-7-11(10)16/h1-7H. The monoisotopic (exact) mass is 275 g/mol. The maximum Gasteiger partial charge on any atom is 0.206 e. The van der Waals surface area contributed by atoms with Gasteiger partial charge in [-0.1, -0.05) is 0 Å². The molecule has 0 aliphatic rings. The summed E-state index contributed by atoms with van der Waals surface area (Å²) in [6.45, 7) is 0. The van der Waals surface area contributed by atoms with Gasteiger partial charge in [0.15, 0.2) is 5.82 Å². The highest BCUT2D eigenvalue weighted by Crippen LogP contribution is 2.28. The Morgan fingerprint density at radius 2 is 2.00 bits per heavy atom. The molecule has 0 aliphatic heterocycles. The Kier molecular flexibility index (Phi) is 2.83. The molecule has 2 heterocycles. The van der Waals surface area contributed by atoms with E-state index in [1.165, 1.54) is 35.7 Å². The molecule has 3 aromatic rings. The van der Waals surface area contributed by atoms with Crippen molar-refractivity contribution in [3.63, 3.8) is 0 Å². The summed E-state index contributed by atoms with van der Waals surface area (Å²) in [7, 11) is 0. The molecule has 0 saturated heterocycles. The lowest BCUT2D eigenvalue weighted by atomic mass is 10.1. The van der Waals surface area contributed by atoms with Crippen molar-refractivity contribution in [3.05, 3.63) is 64.8 Å². The van der Waals surface area contributed by atoms with Crippen molar-refractivity contribution >= 4 is 27.2 Å². The summed E-state index contributed by atoms with van der Waals surface area (Å²) in [6.07, 6.45) is 2.36. The van der Waals surface area contributed by atoms with E-state index in [2.05, 4.69) is 4.98 Å². The second-order valence-electron chi connectivity index (χ2n) is 3.98. The van der Waals surface area contributed by atoms with Crippen LogP contribution >= 0.6 is 11.3 Å². The SMILES string of the molecule is O=C(c1cc2cc(F)ccc2s1)c1ccncc1F. The number of carbonyl (C=O) groups is 1. The van der Waals surface area contributed by atoms with Crippen molar-refractivity contribution in [1.29, 1.82) is 0 Å². The first-order valence-corrected chi connectivity index (χ1v) is 6.30. The van der Waals surface area contributed by atoms with E-state index in [1.54, 1.807) is 12.1 Å². The quantitative estimate of drug-likeness (QED) is 0.666. The van der Waals surface area contributed by atoms with E-state index in [-0.39, 0.29) is 11.4 Å². The van der Waals surface area contributed by atoms with Gasteiger partial charge in [0.05, 0.1) is 16.6 Å². The van der Waals surface area contributed by atoms with Gasteiger partial charge in [-0.15, -0.1) is 11.3 Å². The fraction of sp³-hybridized carbons (Fsp3) is 0. The summed E-state index contributed by atoms with van der Waals surface area (Å²) in [5.41, 5.74) is -0.0259. The maximum atomic E-state index is 13.5. The van der Waals surface area contributed by atoms with Crippen LogP contribution in [-0.4, -0.2) is 10.8 Å². The Labute approximate surface area is 111 Å². The van der Waals surface area contributed by atoms with Crippen LogP contribution in [0.2, 0.25) is 0 Å². The molecule has 0 bridgehead atoms. The number of fused-ring (bicyclic) bond motifs is 1. The summed E-state index contributed by atoms with van der Waals surface area (Å²) in [5.74, 6) is -1.43. The van der Waals surface area contributed by atoms with E-state index in [0.29, 0.717) is 10.3 Å². The van der Waals surface area contributed by atoms with Crippen LogP contribution in [0.4, 0.5) is 8.78 Å². The molecule has 3 rings (SSSR count). The second kappa shape index (κ2) is 4.51. The van der Waals surface area contributed by atoms with Gasteiger partial charge in [0.25, 0.3) is 0 Å². The number of halogens is 2. The number of pyridine rings is 1. The molecule has 94 valence electrons. The van der Waals surface area contributed by atoms with Gasteiger partial charge in [-0.2, -0.15) is 0 Å². The zero-order valence-electron chi connectivity index (χ0n) is 9.56. The Morgan fingerprint density at radius 3 is 2.79 bits per heavy atom. The largest absolute Gasteiger partial charge is 0.288 e. The average molecular weight is 275 g/mol. The van der Waals surface area contributed by atoms with Crippen molar-refractivity contribution in [3.8, 4) is 0 Å². The lowest BCUT2D eigenvalue weighted by Crippen LogP contribution is -2.02. The minimum Gasteiger partial charge on any atom is -0.288 e. The molecule has 0 aliphatic carbocycles. The Balaban J connectivity index is 2.09. The third kappa shape index (κ3) is 2.13. The van der Waals surface area contributed by atoms with Crippen LogP contribution in [0.5, 0.6) is 0 Å². The number of carbonyl (C=O) groups excluding carboxylic acids is 1. The first kappa shape index (κ1) is 11.9.